The van der Waals surface area contributed by atoms with Gasteiger partial charge >= 0.3 is 5.97 Å². The third-order valence-corrected chi connectivity index (χ3v) is 6.94. The summed E-state index contributed by atoms with van der Waals surface area (Å²) < 4.78 is 23.1. The van der Waals surface area contributed by atoms with E-state index < -0.39 is 29.1 Å². The normalized spacial score (nSPS) is 17.8. The van der Waals surface area contributed by atoms with Gasteiger partial charge in [0, 0.05) is 37.1 Å². The molecule has 0 saturated heterocycles. The van der Waals surface area contributed by atoms with Crippen LogP contribution in [0.25, 0.3) is 0 Å². The van der Waals surface area contributed by atoms with Gasteiger partial charge in [0.15, 0.2) is 11.6 Å². The van der Waals surface area contributed by atoms with E-state index in [0.29, 0.717) is 36.6 Å². The van der Waals surface area contributed by atoms with Crippen LogP contribution in [0.3, 0.4) is 0 Å². The Morgan fingerprint density at radius 3 is 2.39 bits per heavy atom. The molecule has 0 aliphatic carbocycles. The number of amides is 1. The van der Waals surface area contributed by atoms with Crippen LogP contribution < -0.4 is 20.3 Å². The SMILES string of the molecule is COc1ccccc1CNNC(=O)[C@@]1(CCC(=O)OC(C)(C)C)N=C(c2ccc(OCCCO)cc2)O[C@H]1c1ccccc1. The molecule has 3 N–H and O–H groups in total. The Labute approximate surface area is 258 Å². The fourth-order valence-electron chi connectivity index (χ4n) is 4.86. The molecular weight excluding hydrogens is 562 g/mol. The van der Waals surface area contributed by atoms with E-state index >= 15 is 0 Å². The summed E-state index contributed by atoms with van der Waals surface area (Å²) in [6.07, 6.45) is -0.320. The first-order valence-electron chi connectivity index (χ1n) is 14.7. The highest BCUT2D eigenvalue weighted by Gasteiger charge is 2.53. The number of ether oxygens (including phenoxy) is 4. The number of aliphatic hydroxyl groups is 1. The highest BCUT2D eigenvalue weighted by atomic mass is 16.6. The molecule has 1 amide bonds. The molecule has 1 aliphatic rings. The maximum absolute atomic E-state index is 14.2. The number of nitrogens with one attached hydrogen (secondary N) is 2. The Kier molecular flexibility index (Phi) is 11.0. The zero-order valence-electron chi connectivity index (χ0n) is 25.7. The largest absolute Gasteiger partial charge is 0.496 e. The van der Waals surface area contributed by atoms with Crippen LogP contribution in [0.2, 0.25) is 0 Å². The van der Waals surface area contributed by atoms with Crippen molar-refractivity contribution >= 4 is 17.8 Å². The molecule has 3 aromatic rings. The van der Waals surface area contributed by atoms with Gasteiger partial charge in [-0.3, -0.25) is 15.0 Å². The van der Waals surface area contributed by atoms with Crippen LogP contribution in [0.4, 0.5) is 0 Å². The maximum Gasteiger partial charge on any atom is 0.306 e. The Morgan fingerprint density at radius 2 is 1.70 bits per heavy atom. The van der Waals surface area contributed by atoms with Crippen molar-refractivity contribution in [1.82, 2.24) is 10.9 Å². The van der Waals surface area contributed by atoms with Gasteiger partial charge < -0.3 is 24.1 Å². The molecule has 234 valence electrons. The molecule has 0 radical (unpaired) electrons. The first kappa shape index (κ1) is 32.5. The molecule has 1 heterocycles. The smallest absolute Gasteiger partial charge is 0.306 e. The number of carbonyl (C=O) groups excluding carboxylic acids is 2. The predicted octanol–water partition coefficient (Wildman–Crippen LogP) is 4.66. The van der Waals surface area contributed by atoms with Crippen LogP contribution >= 0.6 is 0 Å². The number of para-hydroxylation sites is 1. The number of aliphatic imine (C=N–C) groups is 1. The summed E-state index contributed by atoms with van der Waals surface area (Å²) in [7, 11) is 1.59. The molecule has 3 aromatic carbocycles. The Hall–Kier alpha value is -4.41. The number of rotatable bonds is 14. The lowest BCUT2D eigenvalue weighted by Gasteiger charge is -2.31. The molecular formula is C34H41N3O7. The Bertz CT molecular complexity index is 1420. The second kappa shape index (κ2) is 14.9. The molecule has 0 bridgehead atoms. The molecule has 0 fully saturated rings. The number of methoxy groups -OCH3 is 1. The van der Waals surface area contributed by atoms with Crippen LogP contribution in [0, 0.1) is 0 Å². The van der Waals surface area contributed by atoms with E-state index in [1.807, 2.05) is 54.6 Å². The number of benzene rings is 3. The van der Waals surface area contributed by atoms with Crippen LogP contribution in [-0.2, 0) is 25.6 Å². The molecule has 1 aliphatic heterocycles. The van der Waals surface area contributed by atoms with E-state index in [1.54, 1.807) is 52.1 Å². The summed E-state index contributed by atoms with van der Waals surface area (Å²) in [4.78, 5) is 32.0. The van der Waals surface area contributed by atoms with Crippen molar-refractivity contribution in [3.63, 3.8) is 0 Å². The molecule has 10 heteroatoms. The van der Waals surface area contributed by atoms with E-state index in [9.17, 15) is 9.59 Å². The standard InChI is InChI=1S/C34H41N3O7/c1-33(2,3)44-29(39)19-20-34(32(40)37-35-23-26-13-8-9-14-28(26)41-4)30(24-11-6-5-7-12-24)43-31(36-34)25-15-17-27(18-16-25)42-22-10-21-38/h5-9,11-18,30,35,38H,10,19-23H2,1-4H3,(H,37,40)/t30-,34-/m0/s1. The van der Waals surface area contributed by atoms with Gasteiger partial charge in [-0.1, -0.05) is 48.5 Å². The van der Waals surface area contributed by atoms with E-state index in [2.05, 4.69) is 10.9 Å². The van der Waals surface area contributed by atoms with Gasteiger partial charge in [0.2, 0.25) is 5.90 Å². The first-order valence-corrected chi connectivity index (χ1v) is 14.7. The number of hydrogen-bond acceptors (Lipinski definition) is 9. The first-order chi connectivity index (χ1) is 21.1. The van der Waals surface area contributed by atoms with Crippen molar-refractivity contribution in [1.29, 1.82) is 0 Å². The molecule has 0 unspecified atom stereocenters. The zero-order valence-corrected chi connectivity index (χ0v) is 25.7. The molecule has 0 aromatic heterocycles. The maximum atomic E-state index is 14.2. The lowest BCUT2D eigenvalue weighted by Crippen LogP contribution is -2.52. The van der Waals surface area contributed by atoms with Crippen molar-refractivity contribution in [3.05, 3.63) is 95.6 Å². The average Bonchev–Trinajstić information content (AvgIpc) is 3.41. The van der Waals surface area contributed by atoms with Gasteiger partial charge in [-0.25, -0.2) is 10.4 Å². The van der Waals surface area contributed by atoms with Crippen LogP contribution in [0.1, 0.15) is 62.8 Å². The molecule has 44 heavy (non-hydrogen) atoms. The zero-order chi connectivity index (χ0) is 31.6. The number of esters is 1. The minimum absolute atomic E-state index is 0.0372. The summed E-state index contributed by atoms with van der Waals surface area (Å²) in [5.41, 5.74) is 5.89. The minimum Gasteiger partial charge on any atom is -0.496 e. The summed E-state index contributed by atoms with van der Waals surface area (Å²) >= 11 is 0. The predicted molar refractivity (Wildman–Crippen MR) is 166 cm³/mol. The number of hydrazine groups is 1. The second-order valence-electron chi connectivity index (χ2n) is 11.4. The molecule has 2 atom stereocenters. The summed E-state index contributed by atoms with van der Waals surface area (Å²) in [5, 5.41) is 9.03. The average molecular weight is 604 g/mol. The van der Waals surface area contributed by atoms with Crippen molar-refractivity contribution in [2.45, 2.75) is 63.8 Å². The lowest BCUT2D eigenvalue weighted by molar-refractivity contribution is -0.155. The highest BCUT2D eigenvalue weighted by Crippen LogP contribution is 2.43. The molecule has 4 rings (SSSR count). The van der Waals surface area contributed by atoms with Crippen molar-refractivity contribution in [3.8, 4) is 11.5 Å². The Morgan fingerprint density at radius 1 is 1.00 bits per heavy atom. The van der Waals surface area contributed by atoms with Gasteiger partial charge in [-0.05, 0) is 63.1 Å². The van der Waals surface area contributed by atoms with E-state index in [4.69, 9.17) is 29.0 Å². The summed E-state index contributed by atoms with van der Waals surface area (Å²) in [6, 6.07) is 24.0. The second-order valence-corrected chi connectivity index (χ2v) is 11.4. The van der Waals surface area contributed by atoms with Gasteiger partial charge in [-0.15, -0.1) is 0 Å². The molecule has 0 saturated carbocycles. The Balaban J connectivity index is 1.66. The monoisotopic (exact) mass is 603 g/mol. The van der Waals surface area contributed by atoms with Gasteiger partial charge in [0.05, 0.1) is 13.7 Å². The van der Waals surface area contributed by atoms with E-state index in [-0.39, 0.29) is 25.3 Å². The molecule has 10 nitrogen and oxygen atoms in total. The third kappa shape index (κ3) is 8.36. The topological polar surface area (TPSA) is 128 Å². The van der Waals surface area contributed by atoms with Crippen LogP contribution in [0.5, 0.6) is 11.5 Å². The van der Waals surface area contributed by atoms with Crippen LogP contribution in [0.15, 0.2) is 83.9 Å². The highest BCUT2D eigenvalue weighted by molar-refractivity contribution is 6.01. The lowest BCUT2D eigenvalue weighted by atomic mass is 9.83. The number of aliphatic hydroxyl groups excluding tert-OH is 1. The summed E-state index contributed by atoms with van der Waals surface area (Å²) in [6.45, 7) is 6.13. The van der Waals surface area contributed by atoms with E-state index in [0.717, 1.165) is 11.1 Å². The van der Waals surface area contributed by atoms with Gasteiger partial charge in [0.1, 0.15) is 17.1 Å². The number of nitrogens with zero attached hydrogens (tertiary/aromatic N) is 1. The van der Waals surface area contributed by atoms with Crippen molar-refractivity contribution in [2.24, 2.45) is 4.99 Å². The minimum atomic E-state index is -1.50. The van der Waals surface area contributed by atoms with Crippen molar-refractivity contribution < 1.29 is 33.6 Å². The third-order valence-electron chi connectivity index (χ3n) is 6.94. The van der Waals surface area contributed by atoms with Gasteiger partial charge in [0.25, 0.3) is 5.91 Å². The number of hydrogen-bond donors (Lipinski definition) is 3. The number of carbonyl (C=O) groups is 2. The molecule has 0 spiro atoms. The summed E-state index contributed by atoms with van der Waals surface area (Å²) in [5.74, 6) is 0.694. The van der Waals surface area contributed by atoms with Crippen LogP contribution in [-0.4, -0.2) is 54.3 Å². The fraction of sp³-hybridized carbons (Fsp3) is 0.382. The fourth-order valence-corrected chi connectivity index (χ4v) is 4.86. The van der Waals surface area contributed by atoms with E-state index in [1.165, 1.54) is 0 Å². The van der Waals surface area contributed by atoms with Gasteiger partial charge in [-0.2, -0.15) is 0 Å². The van der Waals surface area contributed by atoms with Crippen molar-refractivity contribution in [2.75, 3.05) is 20.3 Å². The quantitative estimate of drug-likeness (QED) is 0.138.